The molecule has 31 heavy (non-hydrogen) atoms. The Kier molecular flexibility index (Phi) is 7.44. The molecule has 166 valence electrons. The molecule has 1 amide bonds. The van der Waals surface area contributed by atoms with Crippen LogP contribution in [0.5, 0.6) is 5.75 Å². The van der Waals surface area contributed by atoms with Gasteiger partial charge in [-0.3, -0.25) is 14.9 Å². The summed E-state index contributed by atoms with van der Waals surface area (Å²) in [6, 6.07) is 9.61. The average molecular weight is 470 g/mol. The first-order valence-corrected chi connectivity index (χ1v) is 11.1. The van der Waals surface area contributed by atoms with Crippen LogP contribution in [0.15, 0.2) is 47.4 Å². The van der Waals surface area contributed by atoms with Crippen LogP contribution < -0.4 is 10.1 Å². The summed E-state index contributed by atoms with van der Waals surface area (Å²) >= 11 is 5.93. The van der Waals surface area contributed by atoms with Crippen LogP contribution in [0.3, 0.4) is 0 Å². The number of nitrogens with one attached hydrogen (secondary N) is 1. The van der Waals surface area contributed by atoms with E-state index in [1.807, 2.05) is 0 Å². The second kappa shape index (κ2) is 10.1. The summed E-state index contributed by atoms with van der Waals surface area (Å²) in [6.45, 7) is 1.67. The molecule has 0 unspecified atom stereocenters. The zero-order valence-corrected chi connectivity index (χ0v) is 17.9. The van der Waals surface area contributed by atoms with Crippen molar-refractivity contribution in [1.29, 1.82) is 0 Å². The summed E-state index contributed by atoms with van der Waals surface area (Å²) in [6.07, 6.45) is 0. The zero-order valence-electron chi connectivity index (χ0n) is 16.3. The number of amides is 1. The Morgan fingerprint density at radius 2 is 1.87 bits per heavy atom. The van der Waals surface area contributed by atoms with Crippen LogP contribution in [0, 0.1) is 10.1 Å². The van der Waals surface area contributed by atoms with Crippen LogP contribution in [-0.2, 0) is 14.8 Å². The van der Waals surface area contributed by atoms with Gasteiger partial charge < -0.3 is 14.8 Å². The largest absolute Gasteiger partial charge is 0.492 e. The number of hydrogen-bond donors (Lipinski definition) is 1. The van der Waals surface area contributed by atoms with E-state index in [2.05, 4.69) is 5.32 Å². The molecular formula is C19H20ClN3O7S. The van der Waals surface area contributed by atoms with Gasteiger partial charge in [-0.05, 0) is 30.3 Å². The number of nitrogens with zero attached hydrogens (tertiary/aromatic N) is 2. The maximum absolute atomic E-state index is 12.6. The van der Waals surface area contributed by atoms with Gasteiger partial charge in [0.1, 0.15) is 12.4 Å². The van der Waals surface area contributed by atoms with Crippen molar-refractivity contribution >= 4 is 33.2 Å². The van der Waals surface area contributed by atoms with Crippen molar-refractivity contribution in [3.63, 3.8) is 0 Å². The van der Waals surface area contributed by atoms with Gasteiger partial charge in [0.2, 0.25) is 10.0 Å². The monoisotopic (exact) mass is 469 g/mol. The van der Waals surface area contributed by atoms with E-state index in [0.29, 0.717) is 32.1 Å². The third kappa shape index (κ3) is 5.70. The van der Waals surface area contributed by atoms with Gasteiger partial charge in [0.25, 0.3) is 11.6 Å². The number of non-ortho nitro benzene ring substituents is 1. The molecule has 10 nitrogen and oxygen atoms in total. The van der Waals surface area contributed by atoms with E-state index in [-0.39, 0.29) is 34.3 Å². The first-order valence-electron chi connectivity index (χ1n) is 9.32. The van der Waals surface area contributed by atoms with E-state index in [1.54, 1.807) is 12.1 Å². The van der Waals surface area contributed by atoms with Crippen molar-refractivity contribution in [3.05, 3.63) is 63.2 Å². The number of morpholine rings is 1. The maximum atomic E-state index is 12.6. The summed E-state index contributed by atoms with van der Waals surface area (Å²) in [5, 5.41) is 13.3. The second-order valence-corrected chi connectivity index (χ2v) is 8.86. The van der Waals surface area contributed by atoms with Crippen LogP contribution >= 0.6 is 11.6 Å². The van der Waals surface area contributed by atoms with Crippen LogP contribution in [0.4, 0.5) is 5.69 Å². The van der Waals surface area contributed by atoms with Gasteiger partial charge in [-0.15, -0.1) is 0 Å². The lowest BCUT2D eigenvalue weighted by Gasteiger charge is -2.26. The smallest absolute Gasteiger partial charge is 0.270 e. The van der Waals surface area contributed by atoms with E-state index in [4.69, 9.17) is 21.1 Å². The fourth-order valence-electron chi connectivity index (χ4n) is 2.87. The SMILES string of the molecule is O=C(NCCOc1ccc(S(=O)(=O)N2CCOCC2)cc1)c1ccc([N+](=O)[O-])cc1Cl. The molecule has 0 atom stereocenters. The van der Waals surface area contributed by atoms with Gasteiger partial charge >= 0.3 is 0 Å². The van der Waals surface area contributed by atoms with Crippen LogP contribution in [-0.4, -0.2) is 63.0 Å². The molecule has 1 aliphatic rings. The predicted molar refractivity (Wildman–Crippen MR) is 112 cm³/mol. The Labute approximate surface area is 183 Å². The molecule has 1 aliphatic heterocycles. The highest BCUT2D eigenvalue weighted by molar-refractivity contribution is 7.89. The van der Waals surface area contributed by atoms with E-state index in [9.17, 15) is 23.3 Å². The van der Waals surface area contributed by atoms with E-state index in [0.717, 1.165) is 6.07 Å². The minimum atomic E-state index is -3.57. The quantitative estimate of drug-likeness (QED) is 0.356. The molecular weight excluding hydrogens is 450 g/mol. The van der Waals surface area contributed by atoms with Crippen molar-refractivity contribution in [2.75, 3.05) is 39.5 Å². The van der Waals surface area contributed by atoms with E-state index in [1.165, 1.54) is 28.6 Å². The Hall–Kier alpha value is -2.73. The number of ether oxygens (including phenoxy) is 2. The molecule has 2 aromatic carbocycles. The molecule has 1 saturated heterocycles. The fourth-order valence-corrected chi connectivity index (χ4v) is 4.54. The number of halogens is 1. The van der Waals surface area contributed by atoms with Gasteiger partial charge in [-0.1, -0.05) is 11.6 Å². The first kappa shape index (κ1) is 22.9. The lowest BCUT2D eigenvalue weighted by atomic mass is 10.2. The van der Waals surface area contributed by atoms with Gasteiger partial charge in [0.15, 0.2) is 0 Å². The number of hydrogen-bond acceptors (Lipinski definition) is 7. The Bertz CT molecular complexity index is 1050. The van der Waals surface area contributed by atoms with Gasteiger partial charge in [0.05, 0.1) is 40.2 Å². The van der Waals surface area contributed by atoms with Crippen molar-refractivity contribution in [1.82, 2.24) is 9.62 Å². The fraction of sp³-hybridized carbons (Fsp3) is 0.316. The number of carbonyl (C=O) groups is 1. The maximum Gasteiger partial charge on any atom is 0.270 e. The molecule has 0 saturated carbocycles. The Balaban J connectivity index is 1.50. The standard InChI is InChI=1S/C19H20ClN3O7S/c20-18-13-14(23(25)26)1-6-17(18)19(24)21-7-10-30-15-2-4-16(5-3-15)31(27,28)22-8-11-29-12-9-22/h1-6,13H,7-12H2,(H,21,24). The molecule has 0 radical (unpaired) electrons. The summed E-state index contributed by atoms with van der Waals surface area (Å²) < 4.78 is 37.3. The second-order valence-electron chi connectivity index (χ2n) is 6.51. The molecule has 1 N–H and O–H groups in total. The number of sulfonamides is 1. The predicted octanol–water partition coefficient (Wildman–Crippen LogP) is 2.08. The highest BCUT2D eigenvalue weighted by atomic mass is 35.5. The number of benzene rings is 2. The molecule has 12 heteroatoms. The van der Waals surface area contributed by atoms with Gasteiger partial charge in [-0.2, -0.15) is 4.31 Å². The zero-order chi connectivity index (χ0) is 22.4. The number of nitro groups is 1. The van der Waals surface area contributed by atoms with E-state index < -0.39 is 20.9 Å². The molecule has 2 aromatic rings. The molecule has 0 spiro atoms. The summed E-state index contributed by atoms with van der Waals surface area (Å²) in [4.78, 5) is 22.5. The highest BCUT2D eigenvalue weighted by Gasteiger charge is 2.26. The number of nitro benzene ring substituents is 1. The molecule has 0 bridgehead atoms. The average Bonchev–Trinajstić information content (AvgIpc) is 2.77. The van der Waals surface area contributed by atoms with Crippen molar-refractivity contribution < 1.29 is 27.6 Å². The molecule has 1 heterocycles. The minimum Gasteiger partial charge on any atom is -0.492 e. The van der Waals surface area contributed by atoms with E-state index >= 15 is 0 Å². The molecule has 1 fully saturated rings. The Morgan fingerprint density at radius 3 is 2.48 bits per heavy atom. The third-order valence-electron chi connectivity index (χ3n) is 4.50. The molecule has 3 rings (SSSR count). The topological polar surface area (TPSA) is 128 Å². The summed E-state index contributed by atoms with van der Waals surface area (Å²) in [5.74, 6) is -0.0426. The molecule has 0 aromatic heterocycles. The summed E-state index contributed by atoms with van der Waals surface area (Å²) in [5.41, 5.74) is -0.0890. The normalized spacial score (nSPS) is 14.7. The van der Waals surface area contributed by atoms with Crippen LogP contribution in [0.1, 0.15) is 10.4 Å². The van der Waals surface area contributed by atoms with Crippen LogP contribution in [0.2, 0.25) is 5.02 Å². The lowest BCUT2D eigenvalue weighted by molar-refractivity contribution is -0.384. The van der Waals surface area contributed by atoms with Crippen molar-refractivity contribution in [3.8, 4) is 5.75 Å². The third-order valence-corrected chi connectivity index (χ3v) is 6.72. The Morgan fingerprint density at radius 1 is 1.19 bits per heavy atom. The van der Waals surface area contributed by atoms with Gasteiger partial charge in [0, 0.05) is 25.2 Å². The lowest BCUT2D eigenvalue weighted by Crippen LogP contribution is -2.40. The summed E-state index contributed by atoms with van der Waals surface area (Å²) in [7, 11) is -3.57. The number of rotatable bonds is 8. The van der Waals surface area contributed by atoms with Crippen molar-refractivity contribution in [2.24, 2.45) is 0 Å². The molecule has 0 aliphatic carbocycles. The van der Waals surface area contributed by atoms with Crippen molar-refractivity contribution in [2.45, 2.75) is 4.90 Å². The minimum absolute atomic E-state index is 0.0234. The van der Waals surface area contributed by atoms with Gasteiger partial charge in [-0.25, -0.2) is 8.42 Å². The first-order chi connectivity index (χ1) is 14.8. The highest BCUT2D eigenvalue weighted by Crippen LogP contribution is 2.23. The number of carbonyl (C=O) groups excluding carboxylic acids is 1. The van der Waals surface area contributed by atoms with Crippen LogP contribution in [0.25, 0.3) is 0 Å².